The van der Waals surface area contributed by atoms with Crippen LogP contribution in [0.4, 0.5) is 4.39 Å². The van der Waals surface area contributed by atoms with E-state index >= 15 is 0 Å². The third-order valence-corrected chi connectivity index (χ3v) is 3.15. The van der Waals surface area contributed by atoms with Gasteiger partial charge in [-0.15, -0.1) is 0 Å². The summed E-state index contributed by atoms with van der Waals surface area (Å²) in [5.41, 5.74) is 0.636. The van der Waals surface area contributed by atoms with Crippen LogP contribution < -0.4 is 5.32 Å². The zero-order valence-electron chi connectivity index (χ0n) is 11.8. The van der Waals surface area contributed by atoms with Crippen molar-refractivity contribution in [2.24, 2.45) is 5.92 Å². The van der Waals surface area contributed by atoms with E-state index in [0.717, 1.165) is 0 Å². The number of carbonyl (C=O) groups excluding carboxylic acids is 1. The fraction of sp³-hybridized carbons (Fsp3) is 0.533. The Bertz CT molecular complexity index is 426. The molecule has 0 unspecified atom stereocenters. The minimum atomic E-state index is -0.409. The maximum atomic E-state index is 13.4. The van der Waals surface area contributed by atoms with Crippen LogP contribution in [-0.4, -0.2) is 18.4 Å². The van der Waals surface area contributed by atoms with Gasteiger partial charge in [0.1, 0.15) is 11.6 Å². The molecule has 106 valence electrons. The van der Waals surface area contributed by atoms with Crippen LogP contribution in [0.5, 0.6) is 0 Å². The molecule has 19 heavy (non-hydrogen) atoms. The van der Waals surface area contributed by atoms with Gasteiger partial charge in [-0.3, -0.25) is 4.79 Å². The number of ketones is 1. The summed E-state index contributed by atoms with van der Waals surface area (Å²) in [7, 11) is 0. The minimum absolute atomic E-state index is 0.0924. The minimum Gasteiger partial charge on any atom is -0.313 e. The van der Waals surface area contributed by atoms with Crippen molar-refractivity contribution >= 4 is 17.4 Å². The summed E-state index contributed by atoms with van der Waals surface area (Å²) < 4.78 is 13.4. The molecule has 0 radical (unpaired) electrons. The fourth-order valence-electron chi connectivity index (χ4n) is 1.91. The molecule has 0 aliphatic heterocycles. The van der Waals surface area contributed by atoms with Crippen LogP contribution in [0.25, 0.3) is 0 Å². The number of Topliss-reactive ketones (excluding diaryl/α,β-unsaturated/α-hetero) is 1. The van der Waals surface area contributed by atoms with Gasteiger partial charge in [-0.1, -0.05) is 39.3 Å². The molecule has 0 aliphatic rings. The summed E-state index contributed by atoms with van der Waals surface area (Å²) in [6.45, 7) is 8.22. The highest BCUT2D eigenvalue weighted by atomic mass is 35.5. The molecule has 1 aromatic rings. The summed E-state index contributed by atoms with van der Waals surface area (Å²) in [5, 5.41) is 3.55. The first kappa shape index (κ1) is 16.1. The zero-order valence-corrected chi connectivity index (χ0v) is 12.6. The molecule has 0 heterocycles. The number of nitrogens with one attached hydrogen (secondary N) is 1. The monoisotopic (exact) mass is 285 g/mol. The summed E-state index contributed by atoms with van der Waals surface area (Å²) in [5.74, 6) is -0.778. The highest BCUT2D eigenvalue weighted by Crippen LogP contribution is 2.24. The quantitative estimate of drug-likeness (QED) is 0.862. The number of hydrogen-bond acceptors (Lipinski definition) is 2. The fourth-order valence-corrected chi connectivity index (χ4v) is 2.15. The van der Waals surface area contributed by atoms with E-state index in [9.17, 15) is 9.18 Å². The topological polar surface area (TPSA) is 29.1 Å². The maximum absolute atomic E-state index is 13.4. The number of halogens is 2. The molecule has 0 fully saturated rings. The van der Waals surface area contributed by atoms with Gasteiger partial charge in [-0.2, -0.15) is 0 Å². The van der Waals surface area contributed by atoms with Crippen LogP contribution in [0.2, 0.25) is 5.02 Å². The van der Waals surface area contributed by atoms with Crippen molar-refractivity contribution in [3.05, 3.63) is 34.6 Å². The molecular formula is C15H21ClFNO. The molecule has 0 saturated heterocycles. The number of rotatable bonds is 6. The molecule has 1 N–H and O–H groups in total. The largest absolute Gasteiger partial charge is 0.313 e. The number of hydrogen-bond donors (Lipinski definition) is 1. The van der Waals surface area contributed by atoms with Crippen LogP contribution >= 0.6 is 11.6 Å². The van der Waals surface area contributed by atoms with Crippen molar-refractivity contribution in [2.45, 2.75) is 39.7 Å². The van der Waals surface area contributed by atoms with Gasteiger partial charge in [0.05, 0.1) is 5.92 Å². The first-order chi connectivity index (χ1) is 8.81. The Kier molecular flexibility index (Phi) is 5.95. The second-order valence-electron chi connectivity index (χ2n) is 5.38. The van der Waals surface area contributed by atoms with Crippen molar-refractivity contribution in [3.63, 3.8) is 0 Å². The van der Waals surface area contributed by atoms with E-state index in [-0.39, 0.29) is 23.7 Å². The lowest BCUT2D eigenvalue weighted by molar-refractivity contribution is -0.123. The van der Waals surface area contributed by atoms with Crippen molar-refractivity contribution in [3.8, 4) is 0 Å². The summed E-state index contributed by atoms with van der Waals surface area (Å²) in [6, 6.07) is 4.57. The number of benzene rings is 1. The van der Waals surface area contributed by atoms with Crippen LogP contribution in [-0.2, 0) is 4.79 Å². The Morgan fingerprint density at radius 2 is 1.89 bits per heavy atom. The molecule has 1 aromatic carbocycles. The standard InChI is InChI=1S/C15H21ClFNO/c1-9(2)15(19)14(8-18-10(3)4)11-5-12(16)7-13(17)6-11/h5-7,9-10,14,18H,8H2,1-4H3/t14-/m1/s1. The maximum Gasteiger partial charge on any atom is 0.144 e. The SMILES string of the molecule is CC(C)NC[C@@H](C(=O)C(C)C)c1cc(F)cc(Cl)c1. The third kappa shape index (κ3) is 4.92. The van der Waals surface area contributed by atoms with Crippen molar-refractivity contribution in [2.75, 3.05) is 6.54 Å². The molecule has 0 amide bonds. The van der Waals surface area contributed by atoms with Gasteiger partial charge in [-0.05, 0) is 23.8 Å². The van der Waals surface area contributed by atoms with Crippen LogP contribution in [0, 0.1) is 11.7 Å². The highest BCUT2D eigenvalue weighted by molar-refractivity contribution is 6.30. The molecular weight excluding hydrogens is 265 g/mol. The van der Waals surface area contributed by atoms with Gasteiger partial charge in [0.2, 0.25) is 0 Å². The van der Waals surface area contributed by atoms with Crippen molar-refractivity contribution < 1.29 is 9.18 Å². The Morgan fingerprint density at radius 3 is 2.37 bits per heavy atom. The third-order valence-electron chi connectivity index (χ3n) is 2.93. The van der Waals surface area contributed by atoms with Crippen LogP contribution in [0.3, 0.4) is 0 Å². The smallest absolute Gasteiger partial charge is 0.144 e. The first-order valence-corrected chi connectivity index (χ1v) is 6.92. The van der Waals surface area contributed by atoms with Crippen molar-refractivity contribution in [1.29, 1.82) is 0 Å². The van der Waals surface area contributed by atoms with Gasteiger partial charge in [0.25, 0.3) is 0 Å². The van der Waals surface area contributed by atoms with Crippen molar-refractivity contribution in [1.82, 2.24) is 5.32 Å². The molecule has 1 atom stereocenters. The number of carbonyl (C=O) groups is 1. The first-order valence-electron chi connectivity index (χ1n) is 6.54. The van der Waals surface area contributed by atoms with E-state index in [2.05, 4.69) is 5.32 Å². The predicted molar refractivity (Wildman–Crippen MR) is 77.1 cm³/mol. The van der Waals surface area contributed by atoms with Crippen LogP contribution in [0.15, 0.2) is 18.2 Å². The predicted octanol–water partition coefficient (Wildman–Crippen LogP) is 3.79. The van der Waals surface area contributed by atoms with Gasteiger partial charge in [-0.25, -0.2) is 4.39 Å². The normalized spacial score (nSPS) is 13.1. The van der Waals surface area contributed by atoms with E-state index in [1.807, 2.05) is 27.7 Å². The summed E-state index contributed by atoms with van der Waals surface area (Å²) in [6.07, 6.45) is 0. The summed E-state index contributed by atoms with van der Waals surface area (Å²) >= 11 is 5.87. The lowest BCUT2D eigenvalue weighted by Crippen LogP contribution is -2.33. The van der Waals surface area contributed by atoms with Gasteiger partial charge >= 0.3 is 0 Å². The molecule has 1 rings (SSSR count). The van der Waals surface area contributed by atoms with E-state index in [4.69, 9.17) is 11.6 Å². The van der Waals surface area contributed by atoms with Gasteiger partial charge in [0.15, 0.2) is 0 Å². The second-order valence-corrected chi connectivity index (χ2v) is 5.81. The Hall–Kier alpha value is -0.930. The molecule has 2 nitrogen and oxygen atoms in total. The van der Waals surface area contributed by atoms with Gasteiger partial charge < -0.3 is 5.32 Å². The zero-order chi connectivity index (χ0) is 14.6. The molecule has 4 heteroatoms. The Morgan fingerprint density at radius 1 is 1.26 bits per heavy atom. The molecule has 0 bridgehead atoms. The van der Waals surface area contributed by atoms with E-state index in [0.29, 0.717) is 17.1 Å². The highest BCUT2D eigenvalue weighted by Gasteiger charge is 2.24. The van der Waals surface area contributed by atoms with E-state index in [1.54, 1.807) is 6.07 Å². The molecule has 0 aliphatic carbocycles. The average Bonchev–Trinajstić information content (AvgIpc) is 2.27. The molecule has 0 aromatic heterocycles. The lowest BCUT2D eigenvalue weighted by Gasteiger charge is -2.21. The second kappa shape index (κ2) is 7.01. The Labute approximate surface area is 119 Å². The van der Waals surface area contributed by atoms with E-state index in [1.165, 1.54) is 12.1 Å². The average molecular weight is 286 g/mol. The Balaban J connectivity index is 3.03. The molecule has 0 spiro atoms. The van der Waals surface area contributed by atoms with Crippen LogP contribution in [0.1, 0.15) is 39.2 Å². The summed E-state index contributed by atoms with van der Waals surface area (Å²) in [4.78, 5) is 12.3. The van der Waals surface area contributed by atoms with Gasteiger partial charge in [0, 0.05) is 23.5 Å². The van der Waals surface area contributed by atoms with E-state index < -0.39 is 5.82 Å². The molecule has 0 saturated carbocycles. The lowest BCUT2D eigenvalue weighted by atomic mass is 9.88.